The smallest absolute Gasteiger partial charge is 0.262 e. The highest BCUT2D eigenvalue weighted by molar-refractivity contribution is 7.89. The van der Waals surface area contributed by atoms with Crippen LogP contribution in [0.25, 0.3) is 10.9 Å². The van der Waals surface area contributed by atoms with E-state index in [0.717, 1.165) is 10.9 Å². The van der Waals surface area contributed by atoms with Crippen molar-refractivity contribution in [2.45, 2.75) is 11.4 Å². The predicted molar refractivity (Wildman–Crippen MR) is 101 cm³/mol. The van der Waals surface area contributed by atoms with Crippen molar-refractivity contribution < 1.29 is 13.2 Å². The van der Waals surface area contributed by atoms with Gasteiger partial charge in [-0.1, -0.05) is 18.2 Å². The fourth-order valence-corrected chi connectivity index (χ4v) is 4.85. The first kappa shape index (κ1) is 17.7. The van der Waals surface area contributed by atoms with Crippen molar-refractivity contribution >= 4 is 26.8 Å². The third-order valence-electron chi connectivity index (χ3n) is 4.85. The zero-order valence-corrected chi connectivity index (χ0v) is 15.8. The molecule has 3 heterocycles. The van der Waals surface area contributed by atoms with Crippen molar-refractivity contribution in [1.82, 2.24) is 23.7 Å². The van der Waals surface area contributed by atoms with E-state index < -0.39 is 10.0 Å². The maximum Gasteiger partial charge on any atom is 0.262 e. The van der Waals surface area contributed by atoms with Gasteiger partial charge in [-0.2, -0.15) is 4.31 Å². The molecule has 1 aromatic carbocycles. The number of hydrogen-bond acceptors (Lipinski definition) is 4. The number of aryl methyl sites for hydroxylation is 1. The van der Waals surface area contributed by atoms with Crippen molar-refractivity contribution in [3.63, 3.8) is 0 Å². The minimum atomic E-state index is -3.64. The zero-order chi connectivity index (χ0) is 19.0. The van der Waals surface area contributed by atoms with Crippen molar-refractivity contribution in [3.05, 3.63) is 48.5 Å². The molecule has 9 heteroatoms. The van der Waals surface area contributed by atoms with E-state index in [2.05, 4.69) is 9.97 Å². The van der Waals surface area contributed by atoms with Crippen LogP contribution in [0.15, 0.2) is 48.0 Å². The molecule has 2 aromatic heterocycles. The van der Waals surface area contributed by atoms with Gasteiger partial charge in [0, 0.05) is 56.5 Å². The SMILES string of the molecule is Cn1cnc(S(=O)(=O)N2CCCN(C(=O)c3c[nH]c4ccccc34)CC2)c1. The molecule has 0 bridgehead atoms. The third kappa shape index (κ3) is 3.24. The summed E-state index contributed by atoms with van der Waals surface area (Å²) in [5, 5.41) is 0.922. The molecule has 0 saturated carbocycles. The second-order valence-corrected chi connectivity index (χ2v) is 8.56. The van der Waals surface area contributed by atoms with E-state index in [-0.39, 0.29) is 17.5 Å². The van der Waals surface area contributed by atoms with Crippen molar-refractivity contribution in [3.8, 4) is 0 Å². The summed E-state index contributed by atoms with van der Waals surface area (Å²) >= 11 is 0. The molecule has 1 aliphatic heterocycles. The number of sulfonamides is 1. The Kier molecular flexibility index (Phi) is 4.48. The second kappa shape index (κ2) is 6.82. The lowest BCUT2D eigenvalue weighted by molar-refractivity contribution is 0.0766. The Morgan fingerprint density at radius 1 is 1.15 bits per heavy atom. The van der Waals surface area contributed by atoms with Crippen LogP contribution in [-0.2, 0) is 17.1 Å². The highest BCUT2D eigenvalue weighted by Crippen LogP contribution is 2.21. The third-order valence-corrected chi connectivity index (χ3v) is 6.63. The zero-order valence-electron chi connectivity index (χ0n) is 15.0. The molecule has 1 aliphatic rings. The van der Waals surface area contributed by atoms with Gasteiger partial charge in [-0.15, -0.1) is 0 Å². The number of fused-ring (bicyclic) bond motifs is 1. The molecular formula is C18H21N5O3S. The second-order valence-electron chi connectivity index (χ2n) is 6.68. The van der Waals surface area contributed by atoms with Crippen LogP contribution in [0.2, 0.25) is 0 Å². The fraction of sp³-hybridized carbons (Fsp3) is 0.333. The first-order valence-electron chi connectivity index (χ1n) is 8.80. The molecular weight excluding hydrogens is 366 g/mol. The molecule has 4 rings (SSSR count). The standard InChI is InChI=1S/C18H21N5O3S/c1-21-12-17(20-13-21)27(25,26)23-8-4-7-22(9-10-23)18(24)15-11-19-16-6-3-2-5-14(15)16/h2-3,5-6,11-13,19H,4,7-10H2,1H3. The number of para-hydroxylation sites is 1. The first-order valence-corrected chi connectivity index (χ1v) is 10.2. The summed E-state index contributed by atoms with van der Waals surface area (Å²) in [4.78, 5) is 21.8. The molecule has 1 fully saturated rings. The Bertz CT molecular complexity index is 1090. The molecule has 1 N–H and O–H groups in total. The quantitative estimate of drug-likeness (QED) is 0.736. The molecule has 8 nitrogen and oxygen atoms in total. The van der Waals surface area contributed by atoms with Gasteiger partial charge in [0.25, 0.3) is 15.9 Å². The number of nitrogens with zero attached hydrogens (tertiary/aromatic N) is 4. The molecule has 1 amide bonds. The van der Waals surface area contributed by atoms with E-state index in [1.165, 1.54) is 16.8 Å². The summed E-state index contributed by atoms with van der Waals surface area (Å²) in [7, 11) is -1.91. The lowest BCUT2D eigenvalue weighted by atomic mass is 10.1. The molecule has 0 atom stereocenters. The summed E-state index contributed by atoms with van der Waals surface area (Å²) in [5.41, 5.74) is 1.53. The normalized spacial score (nSPS) is 16.6. The summed E-state index contributed by atoms with van der Waals surface area (Å²) in [5.74, 6) is -0.0791. The van der Waals surface area contributed by atoms with Crippen LogP contribution in [0.3, 0.4) is 0 Å². The van der Waals surface area contributed by atoms with E-state index in [1.807, 2.05) is 24.3 Å². The molecule has 0 spiro atoms. The summed E-state index contributed by atoms with van der Waals surface area (Å²) < 4.78 is 28.6. The molecule has 142 valence electrons. The molecule has 0 unspecified atom stereocenters. The number of aromatic amines is 1. The fourth-order valence-electron chi connectivity index (χ4n) is 3.41. The molecule has 1 saturated heterocycles. The highest BCUT2D eigenvalue weighted by Gasteiger charge is 2.30. The minimum absolute atomic E-state index is 0.0430. The Morgan fingerprint density at radius 3 is 2.74 bits per heavy atom. The Hall–Kier alpha value is -2.65. The topological polar surface area (TPSA) is 91.3 Å². The van der Waals surface area contributed by atoms with E-state index in [1.54, 1.807) is 22.7 Å². The number of H-pyrrole nitrogens is 1. The highest BCUT2D eigenvalue weighted by atomic mass is 32.2. The average Bonchev–Trinajstić information content (AvgIpc) is 3.20. The van der Waals surface area contributed by atoms with Crippen molar-refractivity contribution in [2.75, 3.05) is 26.2 Å². The summed E-state index contributed by atoms with van der Waals surface area (Å²) in [6.07, 6.45) is 5.27. The van der Waals surface area contributed by atoms with Gasteiger partial charge in [-0.05, 0) is 12.5 Å². The van der Waals surface area contributed by atoms with Gasteiger partial charge in [0.15, 0.2) is 5.03 Å². The molecule has 3 aromatic rings. The number of carbonyl (C=O) groups is 1. The van der Waals surface area contributed by atoms with E-state index in [4.69, 9.17) is 0 Å². The minimum Gasteiger partial charge on any atom is -0.360 e. The van der Waals surface area contributed by atoms with Crippen LogP contribution in [0.1, 0.15) is 16.8 Å². The number of imidazole rings is 1. The van der Waals surface area contributed by atoms with Gasteiger partial charge in [-0.3, -0.25) is 4.79 Å². The van der Waals surface area contributed by atoms with Crippen molar-refractivity contribution in [1.29, 1.82) is 0 Å². The van der Waals surface area contributed by atoms with Gasteiger partial charge in [0.2, 0.25) is 0 Å². The van der Waals surface area contributed by atoms with Crippen molar-refractivity contribution in [2.24, 2.45) is 7.05 Å². The van der Waals surface area contributed by atoms with E-state index in [9.17, 15) is 13.2 Å². The van der Waals surface area contributed by atoms with Crippen LogP contribution in [0, 0.1) is 0 Å². The maximum atomic E-state index is 13.0. The monoisotopic (exact) mass is 387 g/mol. The molecule has 0 aliphatic carbocycles. The molecule has 27 heavy (non-hydrogen) atoms. The van der Waals surface area contributed by atoms with Gasteiger partial charge >= 0.3 is 0 Å². The van der Waals surface area contributed by atoms with Gasteiger partial charge in [0.1, 0.15) is 0 Å². The van der Waals surface area contributed by atoms with Crippen LogP contribution in [-0.4, -0.2) is 64.2 Å². The number of hydrogen-bond donors (Lipinski definition) is 1. The van der Waals surface area contributed by atoms with Crippen LogP contribution in [0.5, 0.6) is 0 Å². The largest absolute Gasteiger partial charge is 0.360 e. The van der Waals surface area contributed by atoms with Crippen LogP contribution < -0.4 is 0 Å². The number of rotatable bonds is 3. The van der Waals surface area contributed by atoms with Gasteiger partial charge in [-0.25, -0.2) is 13.4 Å². The maximum absolute atomic E-state index is 13.0. The summed E-state index contributed by atoms with van der Waals surface area (Å²) in [6, 6.07) is 7.65. The predicted octanol–water partition coefficient (Wildman–Crippen LogP) is 1.44. The Labute approximate surface area is 157 Å². The number of nitrogens with one attached hydrogen (secondary N) is 1. The van der Waals surface area contributed by atoms with Crippen LogP contribution in [0.4, 0.5) is 0 Å². The first-order chi connectivity index (χ1) is 13.0. The Balaban J connectivity index is 1.52. The van der Waals surface area contributed by atoms with E-state index in [0.29, 0.717) is 31.6 Å². The van der Waals surface area contributed by atoms with Gasteiger partial charge < -0.3 is 14.5 Å². The molecule has 0 radical (unpaired) electrons. The average molecular weight is 387 g/mol. The number of aromatic nitrogens is 3. The number of carbonyl (C=O) groups excluding carboxylic acids is 1. The lowest BCUT2D eigenvalue weighted by Gasteiger charge is -2.21. The van der Waals surface area contributed by atoms with E-state index >= 15 is 0 Å². The van der Waals surface area contributed by atoms with Gasteiger partial charge in [0.05, 0.1) is 11.9 Å². The lowest BCUT2D eigenvalue weighted by Crippen LogP contribution is -2.37. The number of benzene rings is 1. The number of amides is 1. The Morgan fingerprint density at radius 2 is 1.96 bits per heavy atom. The summed E-state index contributed by atoms with van der Waals surface area (Å²) in [6.45, 7) is 1.50. The van der Waals surface area contributed by atoms with Crippen LogP contribution >= 0.6 is 0 Å².